The standard InChI is InChI=1S/C11H16N2O4S2/c1-17-11(14)10-4-9(7-18-10)19(15,16)13-3-2-8(5-12)6-13/h4,7-8H,2-3,5-6,12H2,1H3. The molecule has 0 spiro atoms. The van der Waals surface area contributed by atoms with Gasteiger partial charge in [-0.05, 0) is 24.9 Å². The SMILES string of the molecule is COC(=O)c1cc(S(=O)(=O)N2CCC(CN)C2)cs1. The molecule has 1 aromatic heterocycles. The third-order valence-electron chi connectivity index (χ3n) is 3.18. The Bertz CT molecular complexity index is 567. The number of esters is 1. The van der Waals surface area contributed by atoms with Crippen LogP contribution in [-0.2, 0) is 14.8 Å². The number of carbonyl (C=O) groups excluding carboxylic acids is 1. The maximum absolute atomic E-state index is 12.4. The first-order chi connectivity index (χ1) is 8.98. The van der Waals surface area contributed by atoms with E-state index in [1.54, 1.807) is 0 Å². The lowest BCUT2D eigenvalue weighted by atomic mass is 10.1. The van der Waals surface area contributed by atoms with Crippen LogP contribution < -0.4 is 5.73 Å². The Balaban J connectivity index is 2.21. The van der Waals surface area contributed by atoms with E-state index < -0.39 is 16.0 Å². The van der Waals surface area contributed by atoms with Crippen LogP contribution in [-0.4, -0.2) is 45.4 Å². The van der Waals surface area contributed by atoms with Gasteiger partial charge in [0.2, 0.25) is 10.0 Å². The van der Waals surface area contributed by atoms with Crippen LogP contribution >= 0.6 is 11.3 Å². The van der Waals surface area contributed by atoms with Gasteiger partial charge in [-0.2, -0.15) is 4.31 Å². The Labute approximate surface area is 116 Å². The summed E-state index contributed by atoms with van der Waals surface area (Å²) in [6.07, 6.45) is 0.781. The molecule has 0 aromatic carbocycles. The normalized spacial score (nSPS) is 20.6. The van der Waals surface area contributed by atoms with E-state index in [2.05, 4.69) is 4.74 Å². The molecular weight excluding hydrogens is 288 g/mol. The Hall–Kier alpha value is -0.960. The lowest BCUT2D eigenvalue weighted by Crippen LogP contribution is -2.29. The number of nitrogens with zero attached hydrogens (tertiary/aromatic N) is 1. The van der Waals surface area contributed by atoms with Crippen molar-refractivity contribution in [3.05, 3.63) is 16.3 Å². The lowest BCUT2D eigenvalue weighted by Gasteiger charge is -2.15. The molecule has 2 heterocycles. The molecule has 0 amide bonds. The summed E-state index contributed by atoms with van der Waals surface area (Å²) in [5.74, 6) is -0.304. The van der Waals surface area contributed by atoms with Crippen molar-refractivity contribution in [2.45, 2.75) is 11.3 Å². The summed E-state index contributed by atoms with van der Waals surface area (Å²) < 4.78 is 30.7. The van der Waals surface area contributed by atoms with Crippen LogP contribution in [0.3, 0.4) is 0 Å². The van der Waals surface area contributed by atoms with E-state index >= 15 is 0 Å². The maximum atomic E-state index is 12.4. The van der Waals surface area contributed by atoms with Crippen LogP contribution in [0.2, 0.25) is 0 Å². The Kier molecular flexibility index (Phi) is 4.24. The quantitative estimate of drug-likeness (QED) is 0.818. The Morgan fingerprint density at radius 3 is 2.95 bits per heavy atom. The zero-order valence-electron chi connectivity index (χ0n) is 10.5. The lowest BCUT2D eigenvalue weighted by molar-refractivity contribution is 0.0606. The van der Waals surface area contributed by atoms with Crippen molar-refractivity contribution in [3.63, 3.8) is 0 Å². The number of nitrogens with two attached hydrogens (primary N) is 1. The fourth-order valence-corrected chi connectivity index (χ4v) is 4.73. The fourth-order valence-electron chi connectivity index (χ4n) is 2.02. The van der Waals surface area contributed by atoms with Crippen molar-refractivity contribution in [1.82, 2.24) is 4.31 Å². The molecule has 106 valence electrons. The van der Waals surface area contributed by atoms with E-state index in [4.69, 9.17) is 5.73 Å². The Morgan fingerprint density at radius 2 is 2.37 bits per heavy atom. The minimum Gasteiger partial charge on any atom is -0.465 e. The highest BCUT2D eigenvalue weighted by Crippen LogP contribution is 2.27. The molecule has 1 aliphatic rings. The van der Waals surface area contributed by atoms with Crippen molar-refractivity contribution in [3.8, 4) is 0 Å². The van der Waals surface area contributed by atoms with Gasteiger partial charge < -0.3 is 10.5 Å². The topological polar surface area (TPSA) is 89.7 Å². The third-order valence-corrected chi connectivity index (χ3v) is 6.08. The summed E-state index contributed by atoms with van der Waals surface area (Å²) in [5, 5.41) is 1.47. The second-order valence-corrected chi connectivity index (χ2v) is 7.24. The molecule has 1 aliphatic heterocycles. The summed E-state index contributed by atoms with van der Waals surface area (Å²) >= 11 is 1.07. The molecule has 0 radical (unpaired) electrons. The fraction of sp³-hybridized carbons (Fsp3) is 0.545. The van der Waals surface area contributed by atoms with E-state index in [1.165, 1.54) is 22.9 Å². The summed E-state index contributed by atoms with van der Waals surface area (Å²) in [7, 11) is -2.26. The third kappa shape index (κ3) is 2.81. The summed E-state index contributed by atoms with van der Waals surface area (Å²) in [4.78, 5) is 11.8. The first-order valence-corrected chi connectivity index (χ1v) is 8.18. The number of hydrogen-bond acceptors (Lipinski definition) is 6. The maximum Gasteiger partial charge on any atom is 0.348 e. The first-order valence-electron chi connectivity index (χ1n) is 5.86. The first kappa shape index (κ1) is 14.4. The van der Waals surface area contributed by atoms with Crippen molar-refractivity contribution in [2.75, 3.05) is 26.7 Å². The average molecular weight is 304 g/mol. The molecule has 1 fully saturated rings. The molecule has 2 N–H and O–H groups in total. The van der Waals surface area contributed by atoms with Gasteiger partial charge in [-0.1, -0.05) is 0 Å². The minimum absolute atomic E-state index is 0.149. The zero-order valence-corrected chi connectivity index (χ0v) is 12.2. The smallest absolute Gasteiger partial charge is 0.348 e. The number of sulfonamides is 1. The molecule has 19 heavy (non-hydrogen) atoms. The minimum atomic E-state index is -3.52. The van der Waals surface area contributed by atoms with E-state index in [1.807, 2.05) is 0 Å². The van der Waals surface area contributed by atoms with Gasteiger partial charge in [0.1, 0.15) is 4.88 Å². The molecule has 0 saturated carbocycles. The van der Waals surface area contributed by atoms with E-state index in [0.29, 0.717) is 19.6 Å². The van der Waals surface area contributed by atoms with Gasteiger partial charge in [-0.3, -0.25) is 0 Å². The van der Waals surface area contributed by atoms with Gasteiger partial charge in [-0.25, -0.2) is 13.2 Å². The molecule has 1 unspecified atom stereocenters. The van der Waals surface area contributed by atoms with Crippen LogP contribution in [0.5, 0.6) is 0 Å². The van der Waals surface area contributed by atoms with Crippen LogP contribution in [0.1, 0.15) is 16.1 Å². The molecule has 0 bridgehead atoms. The van der Waals surface area contributed by atoms with Crippen LogP contribution in [0.15, 0.2) is 16.3 Å². The molecule has 2 rings (SSSR count). The van der Waals surface area contributed by atoms with E-state index in [-0.39, 0.29) is 15.7 Å². The predicted octanol–water partition coefficient (Wildman–Crippen LogP) is 0.504. The van der Waals surface area contributed by atoms with Gasteiger partial charge in [0.05, 0.1) is 12.0 Å². The molecule has 1 saturated heterocycles. The number of ether oxygens (including phenoxy) is 1. The highest BCUT2D eigenvalue weighted by atomic mass is 32.2. The number of methoxy groups -OCH3 is 1. The monoisotopic (exact) mass is 304 g/mol. The summed E-state index contributed by atoms with van der Waals surface area (Å²) in [5.41, 5.74) is 5.56. The predicted molar refractivity (Wildman–Crippen MR) is 71.6 cm³/mol. The molecule has 8 heteroatoms. The number of hydrogen-bond donors (Lipinski definition) is 1. The van der Waals surface area contributed by atoms with Gasteiger partial charge in [0.15, 0.2) is 0 Å². The van der Waals surface area contributed by atoms with Crippen LogP contribution in [0, 0.1) is 5.92 Å². The molecule has 1 aromatic rings. The largest absolute Gasteiger partial charge is 0.465 e. The van der Waals surface area contributed by atoms with Gasteiger partial charge >= 0.3 is 5.97 Å². The van der Waals surface area contributed by atoms with Crippen LogP contribution in [0.25, 0.3) is 0 Å². The highest BCUT2D eigenvalue weighted by Gasteiger charge is 2.32. The molecule has 1 atom stereocenters. The van der Waals surface area contributed by atoms with Crippen molar-refractivity contribution < 1.29 is 17.9 Å². The Morgan fingerprint density at radius 1 is 1.63 bits per heavy atom. The number of carbonyl (C=O) groups is 1. The van der Waals surface area contributed by atoms with Crippen LogP contribution in [0.4, 0.5) is 0 Å². The summed E-state index contributed by atoms with van der Waals surface area (Å²) in [6, 6.07) is 1.36. The van der Waals surface area contributed by atoms with Gasteiger partial charge in [-0.15, -0.1) is 11.3 Å². The van der Waals surface area contributed by atoms with E-state index in [0.717, 1.165) is 17.8 Å². The second kappa shape index (κ2) is 5.58. The summed E-state index contributed by atoms with van der Waals surface area (Å²) in [6.45, 7) is 1.42. The van der Waals surface area contributed by atoms with Gasteiger partial charge in [0, 0.05) is 18.5 Å². The number of rotatable bonds is 4. The van der Waals surface area contributed by atoms with E-state index in [9.17, 15) is 13.2 Å². The van der Waals surface area contributed by atoms with Crippen molar-refractivity contribution in [2.24, 2.45) is 11.7 Å². The molecule has 0 aliphatic carbocycles. The molecule has 6 nitrogen and oxygen atoms in total. The average Bonchev–Trinajstić information content (AvgIpc) is 3.06. The molecular formula is C11H16N2O4S2. The van der Waals surface area contributed by atoms with Crippen molar-refractivity contribution >= 4 is 27.3 Å². The van der Waals surface area contributed by atoms with Crippen molar-refractivity contribution in [1.29, 1.82) is 0 Å². The number of thiophene rings is 1. The second-order valence-electron chi connectivity index (χ2n) is 4.39. The van der Waals surface area contributed by atoms with Gasteiger partial charge in [0.25, 0.3) is 0 Å². The highest BCUT2D eigenvalue weighted by molar-refractivity contribution is 7.89. The zero-order chi connectivity index (χ0) is 14.0.